The molecule has 1 fully saturated rings. The quantitative estimate of drug-likeness (QED) is 0.825. The second kappa shape index (κ2) is 5.11. The van der Waals surface area contributed by atoms with Gasteiger partial charge in [-0.25, -0.2) is 9.97 Å². The van der Waals surface area contributed by atoms with Gasteiger partial charge in [0.25, 0.3) is 0 Å². The lowest BCUT2D eigenvalue weighted by molar-refractivity contribution is 0.254. The third-order valence-corrected chi connectivity index (χ3v) is 2.84. The first-order valence-corrected chi connectivity index (χ1v) is 5.90. The predicted octanol–water partition coefficient (Wildman–Crippen LogP) is 1.25. The summed E-state index contributed by atoms with van der Waals surface area (Å²) in [6.07, 6.45) is 2.98. The normalized spacial score (nSPS) is 14.9. The number of hydrogen-bond donors (Lipinski definition) is 1. The molecule has 2 rings (SSSR count). The number of nitrogens with zero attached hydrogens (tertiary/aromatic N) is 4. The molecule has 0 saturated heterocycles. The van der Waals surface area contributed by atoms with Gasteiger partial charge in [-0.15, -0.1) is 0 Å². The lowest BCUT2D eigenvalue weighted by atomic mass is 10.3. The summed E-state index contributed by atoms with van der Waals surface area (Å²) in [6, 6.07) is 4.55. The van der Waals surface area contributed by atoms with Crippen LogP contribution in [0.1, 0.15) is 30.8 Å². The molecule has 0 radical (unpaired) electrons. The summed E-state index contributed by atoms with van der Waals surface area (Å²) in [5.74, 6) is 1.27. The third kappa shape index (κ3) is 3.40. The SMILES string of the molecule is Cc1cc(N)nc(CN(CCC#N)C2CC2)n1. The van der Waals surface area contributed by atoms with Crippen LogP contribution in [-0.4, -0.2) is 27.5 Å². The van der Waals surface area contributed by atoms with Crippen LogP contribution in [0, 0.1) is 18.3 Å². The van der Waals surface area contributed by atoms with Crippen molar-refractivity contribution < 1.29 is 0 Å². The molecule has 1 aliphatic carbocycles. The van der Waals surface area contributed by atoms with Crippen molar-refractivity contribution in [3.8, 4) is 6.07 Å². The number of nitrogen functional groups attached to an aromatic ring is 1. The highest BCUT2D eigenvalue weighted by Crippen LogP contribution is 2.27. The fourth-order valence-corrected chi connectivity index (χ4v) is 1.93. The highest BCUT2D eigenvalue weighted by Gasteiger charge is 2.29. The van der Waals surface area contributed by atoms with E-state index >= 15 is 0 Å². The van der Waals surface area contributed by atoms with Crippen LogP contribution in [0.3, 0.4) is 0 Å². The molecule has 1 saturated carbocycles. The molecule has 5 nitrogen and oxygen atoms in total. The number of anilines is 1. The average molecular weight is 231 g/mol. The average Bonchev–Trinajstić information content (AvgIpc) is 3.06. The lowest BCUT2D eigenvalue weighted by Crippen LogP contribution is -2.27. The highest BCUT2D eigenvalue weighted by atomic mass is 15.2. The van der Waals surface area contributed by atoms with Crippen LogP contribution < -0.4 is 5.73 Å². The Bertz CT molecular complexity index is 413. The zero-order valence-corrected chi connectivity index (χ0v) is 10.1. The third-order valence-electron chi connectivity index (χ3n) is 2.84. The van der Waals surface area contributed by atoms with E-state index in [2.05, 4.69) is 20.9 Å². The van der Waals surface area contributed by atoms with Crippen LogP contribution in [0.25, 0.3) is 0 Å². The number of rotatable bonds is 5. The van der Waals surface area contributed by atoms with Gasteiger partial charge in [0.15, 0.2) is 0 Å². The summed E-state index contributed by atoms with van der Waals surface area (Å²) >= 11 is 0. The predicted molar refractivity (Wildman–Crippen MR) is 64.8 cm³/mol. The van der Waals surface area contributed by atoms with E-state index in [0.717, 1.165) is 18.1 Å². The molecule has 0 aliphatic heterocycles. The summed E-state index contributed by atoms with van der Waals surface area (Å²) in [7, 11) is 0. The Labute approximate surface area is 101 Å². The molecule has 1 aromatic heterocycles. The first-order valence-electron chi connectivity index (χ1n) is 5.90. The second-order valence-corrected chi connectivity index (χ2v) is 4.46. The largest absolute Gasteiger partial charge is 0.384 e. The van der Waals surface area contributed by atoms with Crippen molar-refractivity contribution in [3.05, 3.63) is 17.6 Å². The summed E-state index contributed by atoms with van der Waals surface area (Å²) in [5.41, 5.74) is 6.60. The minimum atomic E-state index is 0.517. The molecule has 0 bridgehead atoms. The van der Waals surface area contributed by atoms with Crippen LogP contribution in [0.2, 0.25) is 0 Å². The van der Waals surface area contributed by atoms with Gasteiger partial charge in [0.05, 0.1) is 12.6 Å². The maximum Gasteiger partial charge on any atom is 0.144 e. The molecule has 5 heteroatoms. The first kappa shape index (κ1) is 11.8. The van der Waals surface area contributed by atoms with E-state index < -0.39 is 0 Å². The van der Waals surface area contributed by atoms with Gasteiger partial charge >= 0.3 is 0 Å². The van der Waals surface area contributed by atoms with Crippen molar-refractivity contribution in [3.63, 3.8) is 0 Å². The van der Waals surface area contributed by atoms with E-state index in [4.69, 9.17) is 11.0 Å². The van der Waals surface area contributed by atoms with Crippen LogP contribution in [-0.2, 0) is 6.54 Å². The minimum absolute atomic E-state index is 0.517. The standard InChI is InChI=1S/C12H17N5/c1-9-7-11(14)16-12(15-9)8-17(6-2-5-13)10-3-4-10/h7,10H,2-4,6,8H2,1H3,(H2,14,15,16). The molecule has 0 aromatic carbocycles. The highest BCUT2D eigenvalue weighted by molar-refractivity contribution is 5.29. The molecular weight excluding hydrogens is 214 g/mol. The smallest absolute Gasteiger partial charge is 0.144 e. The molecule has 0 unspecified atom stereocenters. The zero-order valence-electron chi connectivity index (χ0n) is 10.1. The van der Waals surface area contributed by atoms with E-state index in [-0.39, 0.29) is 0 Å². The van der Waals surface area contributed by atoms with Crippen molar-refractivity contribution in [2.45, 2.75) is 38.8 Å². The van der Waals surface area contributed by atoms with Crippen molar-refractivity contribution >= 4 is 5.82 Å². The zero-order chi connectivity index (χ0) is 12.3. The number of aromatic nitrogens is 2. The molecule has 0 spiro atoms. The molecule has 1 aromatic rings. The van der Waals surface area contributed by atoms with Gasteiger partial charge in [-0.2, -0.15) is 5.26 Å². The molecular formula is C12H17N5. The Morgan fingerprint density at radius 3 is 2.88 bits per heavy atom. The Morgan fingerprint density at radius 2 is 2.29 bits per heavy atom. The van der Waals surface area contributed by atoms with Crippen LogP contribution >= 0.6 is 0 Å². The van der Waals surface area contributed by atoms with Gasteiger partial charge in [0.2, 0.25) is 0 Å². The van der Waals surface area contributed by atoms with Gasteiger partial charge in [-0.3, -0.25) is 4.90 Å². The van der Waals surface area contributed by atoms with E-state index in [1.54, 1.807) is 6.07 Å². The molecule has 17 heavy (non-hydrogen) atoms. The van der Waals surface area contributed by atoms with Gasteiger partial charge in [-0.1, -0.05) is 0 Å². The van der Waals surface area contributed by atoms with Crippen molar-refractivity contribution in [1.29, 1.82) is 5.26 Å². The number of nitriles is 1. The maximum atomic E-state index is 8.64. The number of hydrogen-bond acceptors (Lipinski definition) is 5. The topological polar surface area (TPSA) is 78.8 Å². The lowest BCUT2D eigenvalue weighted by Gasteiger charge is -2.19. The fourth-order valence-electron chi connectivity index (χ4n) is 1.93. The van der Waals surface area contributed by atoms with Crippen LogP contribution in [0.15, 0.2) is 6.07 Å². The molecule has 0 atom stereocenters. The second-order valence-electron chi connectivity index (χ2n) is 4.46. The summed E-state index contributed by atoms with van der Waals surface area (Å²) in [6.45, 7) is 3.40. The van der Waals surface area contributed by atoms with Crippen molar-refractivity contribution in [1.82, 2.24) is 14.9 Å². The fraction of sp³-hybridized carbons (Fsp3) is 0.583. The van der Waals surface area contributed by atoms with Gasteiger partial charge in [0, 0.05) is 30.8 Å². The van der Waals surface area contributed by atoms with E-state index in [9.17, 15) is 0 Å². The van der Waals surface area contributed by atoms with E-state index in [0.29, 0.717) is 24.8 Å². The summed E-state index contributed by atoms with van der Waals surface area (Å²) in [4.78, 5) is 10.9. The molecule has 1 aliphatic rings. The maximum absolute atomic E-state index is 8.64. The van der Waals surface area contributed by atoms with Crippen LogP contribution in [0.4, 0.5) is 5.82 Å². The molecule has 2 N–H and O–H groups in total. The van der Waals surface area contributed by atoms with E-state index in [1.165, 1.54) is 12.8 Å². The van der Waals surface area contributed by atoms with Crippen LogP contribution in [0.5, 0.6) is 0 Å². The van der Waals surface area contributed by atoms with E-state index in [1.807, 2.05) is 6.92 Å². The monoisotopic (exact) mass is 231 g/mol. The van der Waals surface area contributed by atoms with Gasteiger partial charge in [0.1, 0.15) is 11.6 Å². The Morgan fingerprint density at radius 1 is 1.53 bits per heavy atom. The Kier molecular flexibility index (Phi) is 3.55. The van der Waals surface area contributed by atoms with Gasteiger partial charge < -0.3 is 5.73 Å². The summed E-state index contributed by atoms with van der Waals surface area (Å²) < 4.78 is 0. The summed E-state index contributed by atoms with van der Waals surface area (Å²) in [5, 5.41) is 8.64. The van der Waals surface area contributed by atoms with Crippen molar-refractivity contribution in [2.75, 3.05) is 12.3 Å². The first-order chi connectivity index (χ1) is 8.19. The Hall–Kier alpha value is -1.67. The van der Waals surface area contributed by atoms with Gasteiger partial charge in [-0.05, 0) is 19.8 Å². The Balaban J connectivity index is 2.03. The molecule has 1 heterocycles. The number of aryl methyl sites for hydroxylation is 1. The van der Waals surface area contributed by atoms with Crippen molar-refractivity contribution in [2.24, 2.45) is 0 Å². The number of nitrogens with two attached hydrogens (primary N) is 1. The molecule has 0 amide bonds. The minimum Gasteiger partial charge on any atom is -0.384 e. The molecule has 90 valence electrons.